The van der Waals surface area contributed by atoms with Crippen molar-refractivity contribution in [2.75, 3.05) is 73.4 Å². The van der Waals surface area contributed by atoms with Gasteiger partial charge in [-0.15, -0.1) is 0 Å². The Bertz CT molecular complexity index is 804. The van der Waals surface area contributed by atoms with Crippen LogP contribution in [0.25, 0.3) is 0 Å². The topological polar surface area (TPSA) is 42.1 Å². The molecule has 0 saturated carbocycles. The van der Waals surface area contributed by atoms with Crippen molar-refractivity contribution in [1.82, 2.24) is 4.90 Å². The maximum Gasteiger partial charge on any atom is 0.321 e. The number of hydrogen-bond donors (Lipinski definition) is 1. The van der Waals surface area contributed by atoms with Gasteiger partial charge >= 0.3 is 6.03 Å². The van der Waals surface area contributed by atoms with E-state index in [1.165, 1.54) is 29.9 Å². The molecule has 2 aromatic carbocycles. The van der Waals surface area contributed by atoms with Crippen LogP contribution in [0.5, 0.6) is 0 Å². The number of urea groups is 1. The van der Waals surface area contributed by atoms with Crippen molar-refractivity contribution in [3.8, 4) is 0 Å². The van der Waals surface area contributed by atoms with Gasteiger partial charge in [0.15, 0.2) is 0 Å². The average molecular weight is 394 g/mol. The summed E-state index contributed by atoms with van der Waals surface area (Å²) in [6, 6.07) is 16.8. The van der Waals surface area contributed by atoms with Gasteiger partial charge in [0, 0.05) is 76.1 Å². The molecular weight excluding hydrogens is 362 g/mol. The van der Waals surface area contributed by atoms with Crippen LogP contribution >= 0.6 is 0 Å². The van der Waals surface area contributed by atoms with E-state index in [4.69, 9.17) is 0 Å². The van der Waals surface area contributed by atoms with Gasteiger partial charge in [-0.25, -0.2) is 4.79 Å². The lowest BCUT2D eigenvalue weighted by atomic mass is 10.2. The van der Waals surface area contributed by atoms with Crippen LogP contribution in [0.1, 0.15) is 12.8 Å². The summed E-state index contributed by atoms with van der Waals surface area (Å²) in [5, 5.41) is 3.05. The predicted molar refractivity (Wildman–Crippen MR) is 121 cm³/mol. The molecule has 0 radical (unpaired) electrons. The lowest BCUT2D eigenvalue weighted by Crippen LogP contribution is -2.50. The summed E-state index contributed by atoms with van der Waals surface area (Å²) in [5.74, 6) is 0. The number of amides is 2. The largest absolute Gasteiger partial charge is 0.378 e. The normalized spacial score (nSPS) is 16.8. The van der Waals surface area contributed by atoms with E-state index in [0.29, 0.717) is 0 Å². The van der Waals surface area contributed by atoms with Crippen LogP contribution in [0.4, 0.5) is 27.5 Å². The van der Waals surface area contributed by atoms with Crippen molar-refractivity contribution >= 4 is 28.8 Å². The summed E-state index contributed by atoms with van der Waals surface area (Å²) >= 11 is 0. The molecule has 0 aromatic heterocycles. The number of benzene rings is 2. The smallest absolute Gasteiger partial charge is 0.321 e. The van der Waals surface area contributed by atoms with Crippen molar-refractivity contribution in [2.24, 2.45) is 0 Å². The van der Waals surface area contributed by atoms with Crippen molar-refractivity contribution in [3.05, 3.63) is 48.5 Å². The number of rotatable bonds is 4. The van der Waals surface area contributed by atoms with Gasteiger partial charge in [0.2, 0.25) is 0 Å². The Hall–Kier alpha value is -2.89. The molecule has 154 valence electrons. The average Bonchev–Trinajstić information content (AvgIpc) is 3.29. The second kappa shape index (κ2) is 8.64. The zero-order valence-electron chi connectivity index (χ0n) is 17.5. The molecule has 2 aromatic rings. The van der Waals surface area contributed by atoms with Crippen LogP contribution in [0.15, 0.2) is 48.5 Å². The first-order valence-electron chi connectivity index (χ1n) is 10.5. The first kappa shape index (κ1) is 19.4. The Balaban J connectivity index is 1.28. The molecule has 0 atom stereocenters. The number of nitrogens with zero attached hydrogens (tertiary/aromatic N) is 4. The van der Waals surface area contributed by atoms with E-state index in [1.807, 2.05) is 31.1 Å². The molecule has 6 nitrogen and oxygen atoms in total. The first-order valence-corrected chi connectivity index (χ1v) is 10.5. The molecule has 6 heteroatoms. The lowest BCUT2D eigenvalue weighted by Gasteiger charge is -2.36. The highest BCUT2D eigenvalue weighted by atomic mass is 16.2. The van der Waals surface area contributed by atoms with E-state index >= 15 is 0 Å². The Morgan fingerprint density at radius 3 is 1.83 bits per heavy atom. The molecule has 4 rings (SSSR count). The Labute approximate surface area is 173 Å². The fourth-order valence-corrected chi connectivity index (χ4v) is 4.06. The summed E-state index contributed by atoms with van der Waals surface area (Å²) in [4.78, 5) is 21.4. The number of piperazine rings is 1. The molecule has 0 bridgehead atoms. The van der Waals surface area contributed by atoms with E-state index in [2.05, 4.69) is 56.4 Å². The summed E-state index contributed by atoms with van der Waals surface area (Å²) in [6.45, 7) is 5.42. The number of carbonyl (C=O) groups is 1. The molecule has 2 saturated heterocycles. The fraction of sp³-hybridized carbons (Fsp3) is 0.435. The minimum Gasteiger partial charge on any atom is -0.378 e. The van der Waals surface area contributed by atoms with Crippen LogP contribution in [-0.2, 0) is 0 Å². The first-order chi connectivity index (χ1) is 14.1. The molecule has 2 aliphatic heterocycles. The van der Waals surface area contributed by atoms with Gasteiger partial charge < -0.3 is 24.9 Å². The minimum atomic E-state index is -0.0125. The summed E-state index contributed by atoms with van der Waals surface area (Å²) in [7, 11) is 4.10. The summed E-state index contributed by atoms with van der Waals surface area (Å²) in [6.07, 6.45) is 2.54. The van der Waals surface area contributed by atoms with E-state index in [9.17, 15) is 4.79 Å². The van der Waals surface area contributed by atoms with Crippen LogP contribution in [0.3, 0.4) is 0 Å². The minimum absolute atomic E-state index is 0.0125. The molecular formula is C23H31N5O. The maximum atomic E-state index is 12.7. The third-order valence-electron chi connectivity index (χ3n) is 5.89. The van der Waals surface area contributed by atoms with Crippen LogP contribution in [0, 0.1) is 0 Å². The third kappa shape index (κ3) is 4.58. The highest BCUT2D eigenvalue weighted by Gasteiger charge is 2.21. The standard InChI is InChI=1S/C23H31N5O/c1-25(2)20-9-11-22(12-10-20)27-15-17-28(18-16-27)23(29)24-19-5-7-21(8-6-19)26-13-3-4-14-26/h5-12H,3-4,13-18H2,1-2H3,(H,24,29). The van der Waals surface area contributed by atoms with Gasteiger partial charge in [-0.1, -0.05) is 0 Å². The van der Waals surface area contributed by atoms with Gasteiger partial charge in [0.05, 0.1) is 0 Å². The third-order valence-corrected chi connectivity index (χ3v) is 5.89. The second-order valence-corrected chi connectivity index (χ2v) is 8.06. The van der Waals surface area contributed by atoms with E-state index in [-0.39, 0.29) is 6.03 Å². The predicted octanol–water partition coefficient (Wildman–Crippen LogP) is 3.71. The highest BCUT2D eigenvalue weighted by molar-refractivity contribution is 5.89. The fourth-order valence-electron chi connectivity index (χ4n) is 4.06. The summed E-state index contributed by atoms with van der Waals surface area (Å²) < 4.78 is 0. The van der Waals surface area contributed by atoms with Crippen molar-refractivity contribution in [1.29, 1.82) is 0 Å². The molecule has 2 amide bonds. The number of anilines is 4. The quantitative estimate of drug-likeness (QED) is 0.860. The SMILES string of the molecule is CN(C)c1ccc(N2CCN(C(=O)Nc3ccc(N4CCCC4)cc3)CC2)cc1. The monoisotopic (exact) mass is 393 g/mol. The molecule has 2 fully saturated rings. The van der Waals surface area contributed by atoms with Crippen molar-refractivity contribution in [2.45, 2.75) is 12.8 Å². The summed E-state index contributed by atoms with van der Waals surface area (Å²) in [5.41, 5.74) is 4.52. The number of nitrogens with one attached hydrogen (secondary N) is 1. The second-order valence-electron chi connectivity index (χ2n) is 8.06. The van der Waals surface area contributed by atoms with Gasteiger partial charge in [-0.05, 0) is 61.4 Å². The van der Waals surface area contributed by atoms with Crippen LogP contribution in [0.2, 0.25) is 0 Å². The Morgan fingerprint density at radius 1 is 0.759 bits per heavy atom. The molecule has 0 aliphatic carbocycles. The van der Waals surface area contributed by atoms with E-state index < -0.39 is 0 Å². The molecule has 29 heavy (non-hydrogen) atoms. The zero-order valence-corrected chi connectivity index (χ0v) is 17.5. The lowest BCUT2D eigenvalue weighted by molar-refractivity contribution is 0.208. The van der Waals surface area contributed by atoms with Gasteiger partial charge in [0.25, 0.3) is 0 Å². The van der Waals surface area contributed by atoms with Crippen molar-refractivity contribution in [3.63, 3.8) is 0 Å². The molecule has 0 spiro atoms. The zero-order chi connectivity index (χ0) is 20.2. The van der Waals surface area contributed by atoms with Gasteiger partial charge in [-0.3, -0.25) is 0 Å². The number of hydrogen-bond acceptors (Lipinski definition) is 4. The Morgan fingerprint density at radius 2 is 1.28 bits per heavy atom. The van der Waals surface area contributed by atoms with Crippen LogP contribution in [-0.4, -0.2) is 64.3 Å². The van der Waals surface area contributed by atoms with Crippen LogP contribution < -0.4 is 20.0 Å². The Kier molecular flexibility index (Phi) is 5.79. The van der Waals surface area contributed by atoms with Crippen molar-refractivity contribution < 1.29 is 4.79 Å². The molecule has 2 heterocycles. The number of carbonyl (C=O) groups excluding carboxylic acids is 1. The van der Waals surface area contributed by atoms with E-state index in [0.717, 1.165) is 45.0 Å². The highest BCUT2D eigenvalue weighted by Crippen LogP contribution is 2.23. The van der Waals surface area contributed by atoms with Gasteiger partial charge in [-0.2, -0.15) is 0 Å². The maximum absolute atomic E-state index is 12.7. The molecule has 1 N–H and O–H groups in total. The van der Waals surface area contributed by atoms with Gasteiger partial charge in [0.1, 0.15) is 0 Å². The van der Waals surface area contributed by atoms with E-state index in [1.54, 1.807) is 0 Å². The molecule has 0 unspecified atom stereocenters. The molecule has 2 aliphatic rings.